The minimum absolute atomic E-state index is 0.174. The highest BCUT2D eigenvalue weighted by Gasteiger charge is 2.39. The summed E-state index contributed by atoms with van der Waals surface area (Å²) in [4.78, 5) is 0.423. The summed E-state index contributed by atoms with van der Waals surface area (Å²) < 4.78 is 33.6. The number of benzene rings is 1. The molecule has 6 heteroatoms. The zero-order chi connectivity index (χ0) is 17.6. The number of hydrogen-bond acceptors (Lipinski definition) is 4. The predicted molar refractivity (Wildman–Crippen MR) is 94.9 cm³/mol. The molecule has 1 aliphatic heterocycles. The topological polar surface area (TPSA) is 63.4 Å². The third kappa shape index (κ3) is 2.81. The molecular weight excluding hydrogens is 336 g/mol. The largest absolute Gasteiger partial charge is 0.361 e. The standard InChI is InChI=1S/C19H24N2O3S/c1-13-19(14(2)24-20-13)18-8-5-11-21(18)25(22,23)17-10-9-15-6-3-4-7-16(15)12-17/h9-10,12,18H,3-8,11H2,1-2H3. The van der Waals surface area contributed by atoms with Gasteiger partial charge in [-0.1, -0.05) is 11.2 Å². The Balaban J connectivity index is 1.72. The number of nitrogens with zero attached hydrogens (tertiary/aromatic N) is 2. The Morgan fingerprint density at radius 3 is 2.60 bits per heavy atom. The monoisotopic (exact) mass is 360 g/mol. The van der Waals surface area contributed by atoms with Crippen molar-refractivity contribution in [2.75, 3.05) is 6.54 Å². The fourth-order valence-corrected chi connectivity index (χ4v) is 6.01. The van der Waals surface area contributed by atoms with Crippen LogP contribution in [0.3, 0.4) is 0 Å². The molecule has 0 N–H and O–H groups in total. The maximum Gasteiger partial charge on any atom is 0.243 e. The molecule has 0 saturated carbocycles. The first kappa shape index (κ1) is 16.8. The van der Waals surface area contributed by atoms with E-state index < -0.39 is 10.0 Å². The zero-order valence-electron chi connectivity index (χ0n) is 14.8. The van der Waals surface area contributed by atoms with E-state index in [4.69, 9.17) is 4.52 Å². The Labute approximate surface area is 149 Å². The van der Waals surface area contributed by atoms with Crippen LogP contribution in [0.5, 0.6) is 0 Å². The van der Waals surface area contributed by atoms with Crippen molar-refractivity contribution in [3.63, 3.8) is 0 Å². The summed E-state index contributed by atoms with van der Waals surface area (Å²) in [6, 6.07) is 5.50. The van der Waals surface area contributed by atoms with E-state index in [1.54, 1.807) is 10.4 Å². The molecular formula is C19H24N2O3S. The number of fused-ring (bicyclic) bond motifs is 1. The molecule has 1 aromatic carbocycles. The molecule has 2 aromatic rings. The molecule has 1 saturated heterocycles. The van der Waals surface area contributed by atoms with Gasteiger partial charge in [-0.05, 0) is 75.6 Å². The quantitative estimate of drug-likeness (QED) is 0.837. The first-order chi connectivity index (χ1) is 12.0. The summed E-state index contributed by atoms with van der Waals surface area (Å²) in [5, 5.41) is 4.01. The normalized spacial score (nSPS) is 21.4. The van der Waals surface area contributed by atoms with Gasteiger partial charge in [0.2, 0.25) is 10.0 Å². The van der Waals surface area contributed by atoms with Crippen LogP contribution >= 0.6 is 0 Å². The van der Waals surface area contributed by atoms with Crippen molar-refractivity contribution in [1.82, 2.24) is 9.46 Å². The van der Waals surface area contributed by atoms with Crippen molar-refractivity contribution in [2.45, 2.75) is 63.3 Å². The lowest BCUT2D eigenvalue weighted by Gasteiger charge is -2.25. The lowest BCUT2D eigenvalue weighted by Crippen LogP contribution is -2.31. The van der Waals surface area contributed by atoms with E-state index >= 15 is 0 Å². The minimum atomic E-state index is -3.52. The van der Waals surface area contributed by atoms with Gasteiger partial charge in [0.1, 0.15) is 5.76 Å². The predicted octanol–water partition coefficient (Wildman–Crippen LogP) is 3.70. The van der Waals surface area contributed by atoms with Crippen molar-refractivity contribution in [1.29, 1.82) is 0 Å². The molecule has 0 spiro atoms. The SMILES string of the molecule is Cc1noc(C)c1C1CCCN1S(=O)(=O)c1ccc2c(c1)CCCC2. The highest BCUT2D eigenvalue weighted by Crippen LogP contribution is 2.39. The van der Waals surface area contributed by atoms with Crippen LogP contribution in [0.4, 0.5) is 0 Å². The van der Waals surface area contributed by atoms with Crippen LogP contribution in [-0.2, 0) is 22.9 Å². The third-order valence-electron chi connectivity index (χ3n) is 5.55. The third-order valence-corrected chi connectivity index (χ3v) is 7.46. The molecule has 1 aromatic heterocycles. The molecule has 2 heterocycles. The molecule has 1 fully saturated rings. The molecule has 2 aliphatic rings. The molecule has 0 radical (unpaired) electrons. The van der Waals surface area contributed by atoms with Crippen LogP contribution in [0.25, 0.3) is 0 Å². The van der Waals surface area contributed by atoms with Gasteiger partial charge >= 0.3 is 0 Å². The Bertz CT molecular complexity index is 882. The highest BCUT2D eigenvalue weighted by atomic mass is 32.2. The van der Waals surface area contributed by atoms with Crippen molar-refractivity contribution in [3.8, 4) is 0 Å². The average molecular weight is 360 g/mol. The van der Waals surface area contributed by atoms with E-state index in [1.807, 2.05) is 26.0 Å². The lowest BCUT2D eigenvalue weighted by atomic mass is 9.92. The second-order valence-electron chi connectivity index (χ2n) is 7.15. The van der Waals surface area contributed by atoms with E-state index in [0.717, 1.165) is 49.1 Å². The molecule has 1 aliphatic carbocycles. The van der Waals surface area contributed by atoms with Crippen LogP contribution in [-0.4, -0.2) is 24.4 Å². The molecule has 1 unspecified atom stereocenters. The molecule has 0 amide bonds. The van der Waals surface area contributed by atoms with E-state index in [0.29, 0.717) is 11.4 Å². The van der Waals surface area contributed by atoms with Crippen molar-refractivity contribution in [3.05, 3.63) is 46.3 Å². The van der Waals surface area contributed by atoms with Crippen molar-refractivity contribution < 1.29 is 12.9 Å². The van der Waals surface area contributed by atoms with Gasteiger partial charge in [0.25, 0.3) is 0 Å². The Morgan fingerprint density at radius 1 is 1.12 bits per heavy atom. The van der Waals surface area contributed by atoms with Gasteiger partial charge in [-0.25, -0.2) is 8.42 Å². The van der Waals surface area contributed by atoms with Gasteiger partial charge in [0.05, 0.1) is 16.6 Å². The molecule has 0 bridgehead atoms. The Hall–Kier alpha value is -1.66. The van der Waals surface area contributed by atoms with Crippen LogP contribution in [0.15, 0.2) is 27.6 Å². The molecule has 1 atom stereocenters. The summed E-state index contributed by atoms with van der Waals surface area (Å²) in [7, 11) is -3.52. The van der Waals surface area contributed by atoms with Gasteiger partial charge in [-0.3, -0.25) is 0 Å². The van der Waals surface area contributed by atoms with Crippen LogP contribution < -0.4 is 0 Å². The highest BCUT2D eigenvalue weighted by molar-refractivity contribution is 7.89. The van der Waals surface area contributed by atoms with E-state index in [1.165, 1.54) is 17.5 Å². The number of sulfonamides is 1. The number of rotatable bonds is 3. The smallest absolute Gasteiger partial charge is 0.243 e. The van der Waals surface area contributed by atoms with Gasteiger partial charge in [0, 0.05) is 12.1 Å². The fraction of sp³-hybridized carbons (Fsp3) is 0.526. The minimum Gasteiger partial charge on any atom is -0.361 e. The van der Waals surface area contributed by atoms with Crippen LogP contribution in [0.1, 0.15) is 59.9 Å². The number of aryl methyl sites for hydroxylation is 4. The summed E-state index contributed by atoms with van der Waals surface area (Å²) in [5.74, 6) is 0.718. The second-order valence-corrected chi connectivity index (χ2v) is 9.04. The molecule has 5 nitrogen and oxygen atoms in total. The lowest BCUT2D eigenvalue weighted by molar-refractivity contribution is 0.376. The van der Waals surface area contributed by atoms with Gasteiger partial charge < -0.3 is 4.52 Å². The maximum atomic E-state index is 13.3. The van der Waals surface area contributed by atoms with Gasteiger partial charge in [-0.15, -0.1) is 0 Å². The van der Waals surface area contributed by atoms with Crippen molar-refractivity contribution >= 4 is 10.0 Å². The van der Waals surface area contributed by atoms with Gasteiger partial charge in [0.15, 0.2) is 0 Å². The fourth-order valence-electron chi connectivity index (χ4n) is 4.29. The van der Waals surface area contributed by atoms with Crippen LogP contribution in [0, 0.1) is 13.8 Å². The summed E-state index contributed by atoms with van der Waals surface area (Å²) in [5.41, 5.74) is 4.21. The summed E-state index contributed by atoms with van der Waals surface area (Å²) in [6.07, 6.45) is 6.04. The summed E-state index contributed by atoms with van der Waals surface area (Å²) in [6.45, 7) is 4.29. The Morgan fingerprint density at radius 2 is 1.88 bits per heavy atom. The molecule has 4 rings (SSSR count). The first-order valence-electron chi connectivity index (χ1n) is 9.05. The van der Waals surface area contributed by atoms with Crippen LogP contribution in [0.2, 0.25) is 0 Å². The van der Waals surface area contributed by atoms with Crippen molar-refractivity contribution in [2.24, 2.45) is 0 Å². The van der Waals surface area contributed by atoms with E-state index in [2.05, 4.69) is 5.16 Å². The van der Waals surface area contributed by atoms with E-state index in [-0.39, 0.29) is 6.04 Å². The first-order valence-corrected chi connectivity index (χ1v) is 10.5. The summed E-state index contributed by atoms with van der Waals surface area (Å²) >= 11 is 0. The molecule has 134 valence electrons. The zero-order valence-corrected chi connectivity index (χ0v) is 15.6. The number of aromatic nitrogens is 1. The maximum absolute atomic E-state index is 13.3. The van der Waals surface area contributed by atoms with Gasteiger partial charge in [-0.2, -0.15) is 4.31 Å². The molecule has 25 heavy (non-hydrogen) atoms. The van der Waals surface area contributed by atoms with E-state index in [9.17, 15) is 8.42 Å². The number of hydrogen-bond donors (Lipinski definition) is 0. The average Bonchev–Trinajstić information content (AvgIpc) is 3.21. The second kappa shape index (κ2) is 6.25. The Kier molecular flexibility index (Phi) is 4.20.